The number of amides is 2. The fourth-order valence-corrected chi connectivity index (χ4v) is 2.76. The van der Waals surface area contributed by atoms with E-state index in [0.717, 1.165) is 36.9 Å². The van der Waals surface area contributed by atoms with Crippen molar-refractivity contribution in [1.29, 1.82) is 0 Å². The van der Waals surface area contributed by atoms with Crippen LogP contribution in [0.4, 0.5) is 5.69 Å². The SMILES string of the molecule is CC(N)CC(=O)NCc1cccc(NC(=O)C2CCCC2)c1. The molecular weight excluding hydrogens is 278 g/mol. The summed E-state index contributed by atoms with van der Waals surface area (Å²) in [5, 5.41) is 5.81. The van der Waals surface area contributed by atoms with Crippen molar-refractivity contribution >= 4 is 17.5 Å². The Morgan fingerprint density at radius 2 is 2.05 bits per heavy atom. The molecule has 5 nitrogen and oxygen atoms in total. The fourth-order valence-electron chi connectivity index (χ4n) is 2.76. The Hall–Kier alpha value is -1.88. The van der Waals surface area contributed by atoms with Gasteiger partial charge in [-0.15, -0.1) is 0 Å². The maximum Gasteiger partial charge on any atom is 0.227 e. The molecule has 0 radical (unpaired) electrons. The lowest BCUT2D eigenvalue weighted by Gasteiger charge is -2.12. The molecule has 120 valence electrons. The van der Waals surface area contributed by atoms with Crippen LogP contribution >= 0.6 is 0 Å². The van der Waals surface area contributed by atoms with Gasteiger partial charge in [0, 0.05) is 30.6 Å². The first kappa shape index (κ1) is 16.5. The Morgan fingerprint density at radius 3 is 2.73 bits per heavy atom. The molecule has 1 aromatic carbocycles. The molecule has 1 saturated carbocycles. The Balaban J connectivity index is 1.86. The van der Waals surface area contributed by atoms with Gasteiger partial charge in [-0.1, -0.05) is 25.0 Å². The second-order valence-corrected chi connectivity index (χ2v) is 6.13. The van der Waals surface area contributed by atoms with Crippen LogP contribution in [0.15, 0.2) is 24.3 Å². The topological polar surface area (TPSA) is 84.2 Å². The van der Waals surface area contributed by atoms with Gasteiger partial charge >= 0.3 is 0 Å². The molecule has 0 heterocycles. The summed E-state index contributed by atoms with van der Waals surface area (Å²) >= 11 is 0. The number of anilines is 1. The predicted octanol–water partition coefficient (Wildman–Crippen LogP) is 2.17. The highest BCUT2D eigenvalue weighted by molar-refractivity contribution is 5.92. The maximum absolute atomic E-state index is 12.1. The van der Waals surface area contributed by atoms with Gasteiger partial charge in [-0.25, -0.2) is 0 Å². The number of benzene rings is 1. The number of carbonyl (C=O) groups is 2. The van der Waals surface area contributed by atoms with Crippen molar-refractivity contribution in [1.82, 2.24) is 5.32 Å². The molecule has 5 heteroatoms. The van der Waals surface area contributed by atoms with Gasteiger partial charge in [-0.2, -0.15) is 0 Å². The summed E-state index contributed by atoms with van der Waals surface area (Å²) in [4.78, 5) is 23.7. The highest BCUT2D eigenvalue weighted by atomic mass is 16.2. The third-order valence-electron chi connectivity index (χ3n) is 3.92. The smallest absolute Gasteiger partial charge is 0.227 e. The van der Waals surface area contributed by atoms with E-state index in [1.165, 1.54) is 0 Å². The number of nitrogens with two attached hydrogens (primary N) is 1. The van der Waals surface area contributed by atoms with Crippen LogP contribution in [-0.2, 0) is 16.1 Å². The average molecular weight is 303 g/mol. The Labute approximate surface area is 131 Å². The summed E-state index contributed by atoms with van der Waals surface area (Å²) in [6, 6.07) is 7.45. The lowest BCUT2D eigenvalue weighted by atomic mass is 10.1. The normalized spacial score (nSPS) is 16.3. The van der Waals surface area contributed by atoms with Crippen molar-refractivity contribution in [2.45, 2.75) is 51.6 Å². The lowest BCUT2D eigenvalue weighted by Crippen LogP contribution is -2.29. The van der Waals surface area contributed by atoms with E-state index < -0.39 is 0 Å². The summed E-state index contributed by atoms with van der Waals surface area (Å²) in [6.45, 7) is 2.25. The number of hydrogen-bond donors (Lipinski definition) is 3. The molecule has 0 spiro atoms. The number of carbonyl (C=O) groups excluding carboxylic acids is 2. The van der Waals surface area contributed by atoms with Gasteiger partial charge in [0.15, 0.2) is 0 Å². The van der Waals surface area contributed by atoms with Crippen LogP contribution in [0.3, 0.4) is 0 Å². The highest BCUT2D eigenvalue weighted by Crippen LogP contribution is 2.26. The van der Waals surface area contributed by atoms with Crippen molar-refractivity contribution in [3.63, 3.8) is 0 Å². The Morgan fingerprint density at radius 1 is 1.32 bits per heavy atom. The minimum Gasteiger partial charge on any atom is -0.352 e. The van der Waals surface area contributed by atoms with Crippen LogP contribution in [0.5, 0.6) is 0 Å². The van der Waals surface area contributed by atoms with Crippen molar-refractivity contribution < 1.29 is 9.59 Å². The minimum atomic E-state index is -0.142. The van der Waals surface area contributed by atoms with Crippen molar-refractivity contribution in [3.8, 4) is 0 Å². The number of hydrogen-bond acceptors (Lipinski definition) is 3. The first-order valence-corrected chi connectivity index (χ1v) is 7.96. The van der Waals surface area contributed by atoms with E-state index in [0.29, 0.717) is 13.0 Å². The third kappa shape index (κ3) is 5.15. The van der Waals surface area contributed by atoms with E-state index in [2.05, 4.69) is 10.6 Å². The van der Waals surface area contributed by atoms with Crippen LogP contribution in [0.1, 0.15) is 44.6 Å². The van der Waals surface area contributed by atoms with Gasteiger partial charge in [-0.3, -0.25) is 9.59 Å². The van der Waals surface area contributed by atoms with Gasteiger partial charge in [0.25, 0.3) is 0 Å². The summed E-state index contributed by atoms with van der Waals surface area (Å²) in [6.07, 6.45) is 4.57. The molecule has 2 amide bonds. The third-order valence-corrected chi connectivity index (χ3v) is 3.92. The van der Waals surface area contributed by atoms with Gasteiger partial charge in [0.1, 0.15) is 0 Å². The van der Waals surface area contributed by atoms with Crippen LogP contribution in [0.25, 0.3) is 0 Å². The average Bonchev–Trinajstić information content (AvgIpc) is 2.99. The number of rotatable bonds is 6. The van der Waals surface area contributed by atoms with Crippen LogP contribution in [-0.4, -0.2) is 17.9 Å². The van der Waals surface area contributed by atoms with Crippen molar-refractivity contribution in [2.24, 2.45) is 11.7 Å². The second-order valence-electron chi connectivity index (χ2n) is 6.13. The van der Waals surface area contributed by atoms with E-state index in [1.54, 1.807) is 6.92 Å². The zero-order valence-electron chi connectivity index (χ0n) is 13.1. The zero-order valence-corrected chi connectivity index (χ0v) is 13.1. The molecule has 1 unspecified atom stereocenters. The molecule has 22 heavy (non-hydrogen) atoms. The molecule has 0 saturated heterocycles. The molecule has 1 fully saturated rings. The van der Waals surface area contributed by atoms with E-state index in [9.17, 15) is 9.59 Å². The Kier molecular flexibility index (Phi) is 5.95. The maximum atomic E-state index is 12.1. The van der Waals surface area contributed by atoms with Gasteiger partial charge in [0.2, 0.25) is 11.8 Å². The molecule has 0 aromatic heterocycles. The van der Waals surface area contributed by atoms with Gasteiger partial charge in [0.05, 0.1) is 0 Å². The molecular formula is C17H25N3O2. The zero-order chi connectivity index (χ0) is 15.9. The predicted molar refractivity (Wildman–Crippen MR) is 87.1 cm³/mol. The van der Waals surface area contributed by atoms with Crippen LogP contribution < -0.4 is 16.4 Å². The van der Waals surface area contributed by atoms with Gasteiger partial charge in [-0.05, 0) is 37.5 Å². The molecule has 1 aromatic rings. The molecule has 1 aliphatic carbocycles. The monoisotopic (exact) mass is 303 g/mol. The van der Waals surface area contributed by atoms with E-state index in [4.69, 9.17) is 5.73 Å². The molecule has 0 bridgehead atoms. The highest BCUT2D eigenvalue weighted by Gasteiger charge is 2.22. The van der Waals surface area contributed by atoms with E-state index >= 15 is 0 Å². The van der Waals surface area contributed by atoms with E-state index in [-0.39, 0.29) is 23.8 Å². The fraction of sp³-hybridized carbons (Fsp3) is 0.529. The van der Waals surface area contributed by atoms with Crippen LogP contribution in [0.2, 0.25) is 0 Å². The molecule has 2 rings (SSSR count). The summed E-state index contributed by atoms with van der Waals surface area (Å²) in [7, 11) is 0. The molecule has 4 N–H and O–H groups in total. The summed E-state index contributed by atoms with van der Waals surface area (Å²) < 4.78 is 0. The number of nitrogens with one attached hydrogen (secondary N) is 2. The summed E-state index contributed by atoms with van der Waals surface area (Å²) in [5.74, 6) is 0.195. The molecule has 1 aliphatic rings. The summed E-state index contributed by atoms with van der Waals surface area (Å²) in [5.41, 5.74) is 7.34. The first-order valence-electron chi connectivity index (χ1n) is 7.96. The van der Waals surface area contributed by atoms with E-state index in [1.807, 2.05) is 24.3 Å². The molecule has 0 aliphatic heterocycles. The minimum absolute atomic E-state index is 0.0598. The largest absolute Gasteiger partial charge is 0.352 e. The van der Waals surface area contributed by atoms with Crippen molar-refractivity contribution in [2.75, 3.05) is 5.32 Å². The second kappa shape index (κ2) is 7.94. The lowest BCUT2D eigenvalue weighted by molar-refractivity contribution is -0.121. The Bertz CT molecular complexity index is 522. The van der Waals surface area contributed by atoms with Crippen molar-refractivity contribution in [3.05, 3.63) is 29.8 Å². The van der Waals surface area contributed by atoms with Crippen LogP contribution in [0, 0.1) is 5.92 Å². The standard InChI is InChI=1S/C17H25N3O2/c1-12(18)9-16(21)19-11-13-5-4-8-15(10-13)20-17(22)14-6-2-3-7-14/h4-5,8,10,12,14H,2-3,6-7,9,11,18H2,1H3,(H,19,21)(H,20,22). The quantitative estimate of drug-likeness (QED) is 0.753. The molecule has 1 atom stereocenters. The first-order chi connectivity index (χ1) is 10.5. The van der Waals surface area contributed by atoms with Gasteiger partial charge < -0.3 is 16.4 Å².